The van der Waals surface area contributed by atoms with Crippen LogP contribution in [0.15, 0.2) is 60.8 Å². The Hall–Kier alpha value is -3.41. The predicted octanol–water partition coefficient (Wildman–Crippen LogP) is 3.87. The van der Waals surface area contributed by atoms with Gasteiger partial charge in [0.05, 0.1) is 19.1 Å². The Morgan fingerprint density at radius 1 is 1.04 bits per heavy atom. The van der Waals surface area contributed by atoms with Gasteiger partial charge in [0.2, 0.25) is 5.91 Å². The number of hydrogen-bond acceptors (Lipinski definition) is 4. The highest BCUT2D eigenvalue weighted by Gasteiger charge is 2.21. The van der Waals surface area contributed by atoms with Gasteiger partial charge in [-0.1, -0.05) is 30.3 Å². The molecule has 4 rings (SSSR count). The van der Waals surface area contributed by atoms with Gasteiger partial charge in [-0.05, 0) is 54.4 Å². The lowest BCUT2D eigenvalue weighted by atomic mass is 9.96. The van der Waals surface area contributed by atoms with Crippen molar-refractivity contribution in [2.75, 3.05) is 7.11 Å². The second-order valence-electron chi connectivity index (χ2n) is 6.91. The Morgan fingerprint density at radius 3 is 2.64 bits per heavy atom. The largest absolute Gasteiger partial charge is 0.497 e. The molecular weight excluding hydrogens is 352 g/mol. The molecule has 0 saturated carbocycles. The van der Waals surface area contributed by atoms with E-state index in [4.69, 9.17) is 4.74 Å². The molecule has 6 nitrogen and oxygen atoms in total. The molecule has 0 bridgehead atoms. The zero-order valence-corrected chi connectivity index (χ0v) is 16.1. The standard InChI is InChI=1S/C22H22N4O2/c1-14(16-7-8-18-13-19(28-3)10-9-17(18)12-16)22(27)23-15(2)21-25-24-20-6-4-5-11-26(20)21/h4-15H,1-3H3,(H,23,27)/t14-,15+/m1/s1. The van der Waals surface area contributed by atoms with Crippen LogP contribution in [-0.2, 0) is 4.79 Å². The summed E-state index contributed by atoms with van der Waals surface area (Å²) in [4.78, 5) is 12.8. The Balaban J connectivity index is 1.53. The van der Waals surface area contributed by atoms with Crippen LogP contribution in [0.4, 0.5) is 0 Å². The van der Waals surface area contributed by atoms with Gasteiger partial charge in [0, 0.05) is 6.20 Å². The fourth-order valence-electron chi connectivity index (χ4n) is 3.35. The summed E-state index contributed by atoms with van der Waals surface area (Å²) < 4.78 is 7.16. The second-order valence-corrected chi connectivity index (χ2v) is 6.91. The molecule has 2 heterocycles. The molecule has 0 radical (unpaired) electrons. The molecule has 142 valence electrons. The van der Waals surface area contributed by atoms with Gasteiger partial charge in [0.15, 0.2) is 11.5 Å². The zero-order valence-electron chi connectivity index (χ0n) is 16.1. The molecule has 0 aliphatic carbocycles. The van der Waals surface area contributed by atoms with Crippen molar-refractivity contribution in [1.82, 2.24) is 19.9 Å². The van der Waals surface area contributed by atoms with Crippen molar-refractivity contribution in [2.45, 2.75) is 25.8 Å². The number of aromatic nitrogens is 3. The Bertz CT molecular complexity index is 1150. The molecule has 0 saturated heterocycles. The molecule has 6 heteroatoms. The lowest BCUT2D eigenvalue weighted by Gasteiger charge is -2.17. The molecule has 4 aromatic rings. The summed E-state index contributed by atoms with van der Waals surface area (Å²) in [5.74, 6) is 1.20. The van der Waals surface area contributed by atoms with Crippen LogP contribution in [0.25, 0.3) is 16.4 Å². The summed E-state index contributed by atoms with van der Waals surface area (Å²) in [5, 5.41) is 13.6. The van der Waals surface area contributed by atoms with Crippen LogP contribution in [0.3, 0.4) is 0 Å². The van der Waals surface area contributed by atoms with Crippen molar-refractivity contribution >= 4 is 22.3 Å². The minimum absolute atomic E-state index is 0.0481. The van der Waals surface area contributed by atoms with Crippen LogP contribution in [-0.4, -0.2) is 27.6 Å². The molecule has 2 atom stereocenters. The number of amides is 1. The third-order valence-electron chi connectivity index (χ3n) is 5.05. The topological polar surface area (TPSA) is 68.5 Å². The monoisotopic (exact) mass is 374 g/mol. The van der Waals surface area contributed by atoms with Crippen molar-refractivity contribution in [1.29, 1.82) is 0 Å². The maximum atomic E-state index is 12.8. The predicted molar refractivity (Wildman–Crippen MR) is 108 cm³/mol. The first-order valence-corrected chi connectivity index (χ1v) is 9.24. The van der Waals surface area contributed by atoms with Gasteiger partial charge in [-0.2, -0.15) is 0 Å². The van der Waals surface area contributed by atoms with E-state index in [2.05, 4.69) is 21.6 Å². The molecule has 1 N–H and O–H groups in total. The number of hydrogen-bond donors (Lipinski definition) is 1. The maximum absolute atomic E-state index is 12.8. The number of methoxy groups -OCH3 is 1. The van der Waals surface area contributed by atoms with E-state index >= 15 is 0 Å². The van der Waals surface area contributed by atoms with Crippen molar-refractivity contribution < 1.29 is 9.53 Å². The van der Waals surface area contributed by atoms with Crippen molar-refractivity contribution in [3.8, 4) is 5.75 Å². The number of nitrogens with one attached hydrogen (secondary N) is 1. The summed E-state index contributed by atoms with van der Waals surface area (Å²) in [6.45, 7) is 3.83. The number of benzene rings is 2. The second kappa shape index (κ2) is 7.31. The van der Waals surface area contributed by atoms with Gasteiger partial charge in [-0.15, -0.1) is 10.2 Å². The van der Waals surface area contributed by atoms with Crippen LogP contribution < -0.4 is 10.1 Å². The minimum Gasteiger partial charge on any atom is -0.497 e. The highest BCUT2D eigenvalue weighted by molar-refractivity contribution is 5.88. The Kier molecular flexibility index (Phi) is 4.69. The van der Waals surface area contributed by atoms with Crippen LogP contribution >= 0.6 is 0 Å². The van der Waals surface area contributed by atoms with Gasteiger partial charge in [-0.25, -0.2) is 0 Å². The Labute approximate surface area is 163 Å². The van der Waals surface area contributed by atoms with Crippen LogP contribution in [0.5, 0.6) is 5.75 Å². The Morgan fingerprint density at radius 2 is 1.82 bits per heavy atom. The van der Waals surface area contributed by atoms with E-state index in [-0.39, 0.29) is 17.9 Å². The SMILES string of the molecule is COc1ccc2cc([C@@H](C)C(=O)N[C@@H](C)c3nnc4ccccn34)ccc2c1. The lowest BCUT2D eigenvalue weighted by Crippen LogP contribution is -2.31. The number of rotatable bonds is 5. The summed E-state index contributed by atoms with van der Waals surface area (Å²) in [5.41, 5.74) is 1.73. The maximum Gasteiger partial charge on any atom is 0.227 e. The highest BCUT2D eigenvalue weighted by Crippen LogP contribution is 2.25. The number of pyridine rings is 1. The molecule has 0 unspecified atom stereocenters. The van der Waals surface area contributed by atoms with Crippen molar-refractivity contribution in [2.24, 2.45) is 0 Å². The van der Waals surface area contributed by atoms with E-state index in [0.29, 0.717) is 5.82 Å². The molecule has 0 aliphatic rings. The van der Waals surface area contributed by atoms with Gasteiger partial charge < -0.3 is 10.1 Å². The zero-order chi connectivity index (χ0) is 19.7. The summed E-state index contributed by atoms with van der Waals surface area (Å²) in [7, 11) is 1.65. The average molecular weight is 374 g/mol. The van der Waals surface area contributed by atoms with Gasteiger partial charge in [-0.3, -0.25) is 9.20 Å². The first kappa shape index (κ1) is 18.0. The fourth-order valence-corrected chi connectivity index (χ4v) is 3.35. The van der Waals surface area contributed by atoms with Gasteiger partial charge in [0.25, 0.3) is 0 Å². The highest BCUT2D eigenvalue weighted by atomic mass is 16.5. The summed E-state index contributed by atoms with van der Waals surface area (Å²) in [6, 6.07) is 17.4. The normalized spacial score (nSPS) is 13.4. The van der Waals surface area contributed by atoms with E-state index in [1.807, 2.05) is 73.0 Å². The number of carbonyl (C=O) groups excluding carboxylic acids is 1. The molecule has 1 amide bonds. The molecule has 2 aromatic heterocycles. The van der Waals surface area contributed by atoms with Crippen molar-refractivity contribution in [3.05, 3.63) is 72.2 Å². The fraction of sp³-hybridized carbons (Fsp3) is 0.227. The molecule has 0 fully saturated rings. The summed E-state index contributed by atoms with van der Waals surface area (Å²) >= 11 is 0. The molecule has 0 aliphatic heterocycles. The minimum atomic E-state index is -0.284. The van der Waals surface area contributed by atoms with Crippen LogP contribution in [0.1, 0.15) is 37.2 Å². The average Bonchev–Trinajstić information content (AvgIpc) is 3.16. The number of fused-ring (bicyclic) bond motifs is 2. The third-order valence-corrected chi connectivity index (χ3v) is 5.05. The summed E-state index contributed by atoms with van der Waals surface area (Å²) in [6.07, 6.45) is 1.90. The van der Waals surface area contributed by atoms with Crippen LogP contribution in [0, 0.1) is 0 Å². The van der Waals surface area contributed by atoms with Gasteiger partial charge >= 0.3 is 0 Å². The number of nitrogens with zero attached hydrogens (tertiary/aromatic N) is 3. The van der Waals surface area contributed by atoms with Crippen LogP contribution in [0.2, 0.25) is 0 Å². The number of carbonyl (C=O) groups is 1. The lowest BCUT2D eigenvalue weighted by molar-refractivity contribution is -0.122. The first-order chi connectivity index (χ1) is 13.6. The molecule has 0 spiro atoms. The molecular formula is C22H22N4O2. The van der Waals surface area contributed by atoms with Gasteiger partial charge in [0.1, 0.15) is 5.75 Å². The first-order valence-electron chi connectivity index (χ1n) is 9.24. The molecule has 2 aromatic carbocycles. The van der Waals surface area contributed by atoms with E-state index < -0.39 is 0 Å². The van der Waals surface area contributed by atoms with E-state index in [9.17, 15) is 4.79 Å². The van der Waals surface area contributed by atoms with E-state index in [1.54, 1.807) is 7.11 Å². The molecule has 28 heavy (non-hydrogen) atoms. The number of ether oxygens (including phenoxy) is 1. The van der Waals surface area contributed by atoms with Crippen molar-refractivity contribution in [3.63, 3.8) is 0 Å². The quantitative estimate of drug-likeness (QED) is 0.576. The van der Waals surface area contributed by atoms with E-state index in [0.717, 1.165) is 27.7 Å². The smallest absolute Gasteiger partial charge is 0.227 e. The third kappa shape index (κ3) is 3.29. The van der Waals surface area contributed by atoms with E-state index in [1.165, 1.54) is 0 Å².